The summed E-state index contributed by atoms with van der Waals surface area (Å²) in [6.07, 6.45) is 1.87. The summed E-state index contributed by atoms with van der Waals surface area (Å²) in [4.78, 5) is 0. The molecule has 0 aliphatic heterocycles. The highest BCUT2D eigenvalue weighted by Crippen LogP contribution is 2.57. The molecule has 84 heavy (non-hydrogen) atoms. The summed E-state index contributed by atoms with van der Waals surface area (Å²) < 4.78 is 12.3. The first-order valence-electron chi connectivity index (χ1n) is 29.2. The molecule has 0 heterocycles. The fourth-order valence-electron chi connectivity index (χ4n) is 13.8. The molecule has 0 fully saturated rings. The van der Waals surface area contributed by atoms with Gasteiger partial charge < -0.3 is 19.7 Å². The lowest BCUT2D eigenvalue weighted by Crippen LogP contribution is -2.28. The third-order valence-electron chi connectivity index (χ3n) is 17.8. The molecule has 4 nitrogen and oxygen atoms in total. The molecule has 2 N–H and O–H groups in total. The lowest BCUT2D eigenvalue weighted by molar-refractivity contribution is 0.266. The molecule has 15 rings (SSSR count). The summed E-state index contributed by atoms with van der Waals surface area (Å²) in [5, 5.41) is 24.2. The number of hydrogen-bond donors (Lipinski definition) is 2. The van der Waals surface area contributed by atoms with Crippen molar-refractivity contribution in [2.45, 2.75) is 64.2 Å². The Labute approximate surface area is 495 Å². The zero-order chi connectivity index (χ0) is 56.7. The molecule has 3 aliphatic carbocycles. The number of phenolic OH excluding ortho intramolecular Hbond substituents is 2. The van der Waals surface area contributed by atoms with Crippen LogP contribution in [0.2, 0.25) is 0 Å². The molecule has 0 unspecified atom stereocenters. The molecule has 0 saturated carbocycles. The minimum atomic E-state index is -0.495. The molecule has 3 aliphatic rings. The van der Waals surface area contributed by atoms with Crippen molar-refractivity contribution in [1.82, 2.24) is 0 Å². The van der Waals surface area contributed by atoms with E-state index in [1.807, 2.05) is 38.1 Å². The molecular weight excluding hydrogens is 1020 g/mol. The van der Waals surface area contributed by atoms with Crippen molar-refractivity contribution in [3.05, 3.63) is 323 Å². The Bertz CT molecular complexity index is 3990. The average Bonchev–Trinajstić information content (AvgIpc) is 2.37. The Kier molecular flexibility index (Phi) is 14.8. The van der Waals surface area contributed by atoms with E-state index in [1.165, 1.54) is 89.0 Å². The Balaban J connectivity index is 0.000000164. The van der Waals surface area contributed by atoms with Crippen molar-refractivity contribution in [3.8, 4) is 56.4 Å². The topological polar surface area (TPSA) is 58.9 Å². The van der Waals surface area contributed by atoms with Crippen molar-refractivity contribution < 1.29 is 19.7 Å². The van der Waals surface area contributed by atoms with Gasteiger partial charge in [-0.2, -0.15) is 0 Å². The summed E-state index contributed by atoms with van der Waals surface area (Å²) >= 11 is 0. The number of hydrogen-bond acceptors (Lipinski definition) is 4. The lowest BCUT2D eigenvalue weighted by Gasteiger charge is -2.34. The Morgan fingerprint density at radius 2 is 0.560 bits per heavy atom. The van der Waals surface area contributed by atoms with E-state index in [1.54, 1.807) is 12.1 Å². The standard InChI is InChI=1S/C44H38O2.C33H22O2.C2H6.CH4/c1-43(39-17-7-3-13-35(39)36-14-4-8-18-40(36)43)31-21-25-33(26-22-31)45-29-11-12-30-46-34-27-23-32(24-28-34)44(2)41-19-9-5-15-37(41)38-16-6-10-20-42(38)44;34-27-15-11-21-17-25(13-9-23(21)19-27)33(26-14-10-24-20-28(35)16-12-22(24)18-26)31-7-3-1-5-29(31)30-6-2-4-8-32(30)33;1-2;/h3-10,13-28H,11-12,29-30H2,1-2H3;1-20,34-35H;1-2H3;1H4. The molecule has 0 saturated heterocycles. The molecule has 0 amide bonds. The maximum atomic E-state index is 10.0. The predicted molar refractivity (Wildman–Crippen MR) is 348 cm³/mol. The van der Waals surface area contributed by atoms with E-state index in [2.05, 4.69) is 244 Å². The predicted octanol–water partition coefficient (Wildman–Crippen LogP) is 20.0. The number of phenols is 2. The van der Waals surface area contributed by atoms with E-state index in [0.29, 0.717) is 13.2 Å². The van der Waals surface area contributed by atoms with Crippen LogP contribution in [0.5, 0.6) is 23.0 Å². The van der Waals surface area contributed by atoms with Gasteiger partial charge >= 0.3 is 0 Å². The summed E-state index contributed by atoms with van der Waals surface area (Å²) in [6, 6.07) is 94.1. The van der Waals surface area contributed by atoms with E-state index in [9.17, 15) is 10.2 Å². The van der Waals surface area contributed by atoms with Crippen LogP contribution < -0.4 is 9.47 Å². The number of fused-ring (bicyclic) bond motifs is 11. The summed E-state index contributed by atoms with van der Waals surface area (Å²) in [5.41, 5.74) is 19.9. The zero-order valence-corrected chi connectivity index (χ0v) is 47.4. The second kappa shape index (κ2) is 22.6. The van der Waals surface area contributed by atoms with Gasteiger partial charge in [0.15, 0.2) is 0 Å². The van der Waals surface area contributed by atoms with E-state index < -0.39 is 5.41 Å². The van der Waals surface area contributed by atoms with E-state index >= 15 is 0 Å². The van der Waals surface area contributed by atoms with E-state index in [4.69, 9.17) is 9.47 Å². The number of benzene rings is 12. The first-order chi connectivity index (χ1) is 40.7. The SMILES string of the molecule is C.CC.CC1(c2ccc(OCCCCOc3ccc(C4(C)c5ccccc5-c5ccccc54)cc3)cc2)c2ccccc2-c2ccccc21.Oc1ccc2cc(C3(c4ccc5cc(O)ccc5c4)c4ccccc4-c4ccccc43)ccc2c1. The average molecular weight is 1100 g/mol. The van der Waals surface area contributed by atoms with Gasteiger partial charge in [0, 0.05) is 10.8 Å². The van der Waals surface area contributed by atoms with Gasteiger partial charge in [-0.25, -0.2) is 0 Å². The summed E-state index contributed by atoms with van der Waals surface area (Å²) in [5.74, 6) is 2.36. The molecular formula is C80H70O4. The van der Waals surface area contributed by atoms with Gasteiger partial charge in [0.05, 0.1) is 18.6 Å². The van der Waals surface area contributed by atoms with Crippen LogP contribution in [0.1, 0.15) is 104 Å². The Morgan fingerprint density at radius 3 is 0.893 bits per heavy atom. The lowest BCUT2D eigenvalue weighted by atomic mass is 9.67. The minimum absolute atomic E-state index is 0. The van der Waals surface area contributed by atoms with Gasteiger partial charge in [-0.15, -0.1) is 0 Å². The second-order valence-corrected chi connectivity index (χ2v) is 22.2. The van der Waals surface area contributed by atoms with Gasteiger partial charge in [-0.1, -0.05) is 228 Å². The molecule has 0 atom stereocenters. The van der Waals surface area contributed by atoms with Crippen LogP contribution in [0, 0.1) is 0 Å². The van der Waals surface area contributed by atoms with Crippen LogP contribution >= 0.6 is 0 Å². The molecule has 12 aromatic carbocycles. The van der Waals surface area contributed by atoms with Crippen LogP contribution in [0.15, 0.2) is 267 Å². The molecule has 0 spiro atoms. The highest BCUT2D eigenvalue weighted by atomic mass is 16.5. The maximum Gasteiger partial charge on any atom is 0.119 e. The normalized spacial score (nSPS) is 13.7. The highest BCUT2D eigenvalue weighted by Gasteiger charge is 2.46. The monoisotopic (exact) mass is 1090 g/mol. The van der Waals surface area contributed by atoms with E-state index in [0.717, 1.165) is 45.9 Å². The van der Waals surface area contributed by atoms with Gasteiger partial charge in [0.1, 0.15) is 23.0 Å². The van der Waals surface area contributed by atoms with Crippen molar-refractivity contribution in [2.75, 3.05) is 13.2 Å². The first-order valence-corrected chi connectivity index (χ1v) is 29.2. The molecule has 0 bridgehead atoms. The zero-order valence-electron chi connectivity index (χ0n) is 47.4. The molecule has 4 heteroatoms. The quantitative estimate of drug-likeness (QED) is 0.127. The number of aromatic hydroxyl groups is 2. The highest BCUT2D eigenvalue weighted by molar-refractivity contribution is 5.92. The smallest absolute Gasteiger partial charge is 0.119 e. The van der Waals surface area contributed by atoms with E-state index in [-0.39, 0.29) is 29.8 Å². The van der Waals surface area contributed by atoms with Gasteiger partial charge in [0.25, 0.3) is 0 Å². The summed E-state index contributed by atoms with van der Waals surface area (Å²) in [7, 11) is 0. The number of unbranched alkanes of at least 4 members (excludes halogenated alkanes) is 1. The Morgan fingerprint density at radius 1 is 0.298 bits per heavy atom. The molecule has 12 aromatic rings. The van der Waals surface area contributed by atoms with Crippen molar-refractivity contribution in [2.24, 2.45) is 0 Å². The van der Waals surface area contributed by atoms with Crippen LogP contribution in [0.25, 0.3) is 54.9 Å². The number of ether oxygens (including phenoxy) is 2. The third kappa shape index (κ3) is 9.09. The van der Waals surface area contributed by atoms with Crippen LogP contribution in [0.3, 0.4) is 0 Å². The Hall–Kier alpha value is -9.64. The van der Waals surface area contributed by atoms with Crippen LogP contribution in [0.4, 0.5) is 0 Å². The third-order valence-corrected chi connectivity index (χ3v) is 17.8. The minimum Gasteiger partial charge on any atom is -0.508 e. The van der Waals surface area contributed by atoms with Crippen molar-refractivity contribution in [1.29, 1.82) is 0 Å². The van der Waals surface area contributed by atoms with Crippen LogP contribution in [-0.4, -0.2) is 23.4 Å². The summed E-state index contributed by atoms with van der Waals surface area (Å²) in [6.45, 7) is 10.0. The number of rotatable bonds is 11. The fourth-order valence-corrected chi connectivity index (χ4v) is 13.8. The fraction of sp³-hybridized carbons (Fsp3) is 0.150. The molecule has 0 aromatic heterocycles. The molecule has 414 valence electrons. The largest absolute Gasteiger partial charge is 0.508 e. The van der Waals surface area contributed by atoms with Crippen molar-refractivity contribution in [3.63, 3.8) is 0 Å². The van der Waals surface area contributed by atoms with Gasteiger partial charge in [0.2, 0.25) is 0 Å². The van der Waals surface area contributed by atoms with Crippen molar-refractivity contribution >= 4 is 21.5 Å². The molecule has 0 radical (unpaired) electrons. The first kappa shape index (κ1) is 54.9. The second-order valence-electron chi connectivity index (χ2n) is 22.2. The van der Waals surface area contributed by atoms with Gasteiger partial charge in [-0.05, 0) is 198 Å². The van der Waals surface area contributed by atoms with Crippen LogP contribution in [-0.2, 0) is 16.2 Å². The maximum absolute atomic E-state index is 10.0. The van der Waals surface area contributed by atoms with Gasteiger partial charge in [-0.3, -0.25) is 0 Å².